The molecule has 0 aliphatic carbocycles. The van der Waals surface area contributed by atoms with E-state index < -0.39 is 30.5 Å². The molecule has 0 saturated heterocycles. The fraction of sp³-hybridized carbons (Fsp3) is 0.190. The summed E-state index contributed by atoms with van der Waals surface area (Å²) < 4.78 is 34.5. The van der Waals surface area contributed by atoms with Gasteiger partial charge in [-0.05, 0) is 30.7 Å². The molecule has 7 nitrogen and oxygen atoms in total. The maximum atomic E-state index is 12.5. The van der Waals surface area contributed by atoms with Gasteiger partial charge in [0.25, 0.3) is 5.91 Å². The molecule has 0 aliphatic heterocycles. The molecule has 0 radical (unpaired) electrons. The summed E-state index contributed by atoms with van der Waals surface area (Å²) in [5.74, 6) is -2.43. The molecule has 9 heteroatoms. The van der Waals surface area contributed by atoms with Crippen molar-refractivity contribution in [1.82, 2.24) is 5.32 Å². The number of benzene rings is 2. The predicted octanol–water partition coefficient (Wildman–Crippen LogP) is 3.34. The largest absolute Gasteiger partial charge is 0.448 e. The fourth-order valence-electron chi connectivity index (χ4n) is 2.33. The molecule has 1 atom stereocenters. The molecule has 158 valence electrons. The molecule has 30 heavy (non-hydrogen) atoms. The normalized spacial score (nSPS) is 12.1. The van der Waals surface area contributed by atoms with Crippen molar-refractivity contribution in [2.45, 2.75) is 26.6 Å². The molecule has 0 unspecified atom stereocenters. The summed E-state index contributed by atoms with van der Waals surface area (Å²) in [4.78, 5) is 36.2. The first-order valence-corrected chi connectivity index (χ1v) is 8.86. The highest BCUT2D eigenvalue weighted by molar-refractivity contribution is 6.01. The average Bonchev–Trinajstić information content (AvgIpc) is 2.69. The Labute approximate surface area is 171 Å². The number of nitrogens with one attached hydrogen (secondary N) is 2. The highest BCUT2D eigenvalue weighted by Gasteiger charge is 2.22. The Kier molecular flexibility index (Phi) is 8.04. The summed E-state index contributed by atoms with van der Waals surface area (Å²) in [6.45, 7) is -0.540. The van der Waals surface area contributed by atoms with Gasteiger partial charge in [-0.3, -0.25) is 9.59 Å². The summed E-state index contributed by atoms with van der Waals surface area (Å²) >= 11 is 0. The first-order chi connectivity index (χ1) is 14.3. The second kappa shape index (κ2) is 10.7. The Morgan fingerprint density at radius 2 is 1.63 bits per heavy atom. The number of rotatable bonds is 8. The molecule has 0 aliphatic rings. The molecule has 0 fully saturated rings. The zero-order valence-electron chi connectivity index (χ0n) is 16.2. The summed E-state index contributed by atoms with van der Waals surface area (Å²) in [5.41, 5.74) is 0.468. The summed E-state index contributed by atoms with van der Waals surface area (Å²) in [7, 11) is 0. The molecule has 2 rings (SSSR count). The van der Waals surface area contributed by atoms with Crippen LogP contribution in [0.15, 0.2) is 60.3 Å². The van der Waals surface area contributed by atoms with Gasteiger partial charge in [-0.15, -0.1) is 0 Å². The lowest BCUT2D eigenvalue weighted by Gasteiger charge is -2.16. The molecule has 0 heterocycles. The zero-order valence-corrected chi connectivity index (χ0v) is 16.2. The van der Waals surface area contributed by atoms with Crippen molar-refractivity contribution in [2.75, 3.05) is 5.32 Å². The van der Waals surface area contributed by atoms with Crippen molar-refractivity contribution in [3.8, 4) is 5.75 Å². The molecule has 2 amide bonds. The maximum Gasteiger partial charge on any atom is 0.387 e. The van der Waals surface area contributed by atoms with Crippen LogP contribution in [0, 0.1) is 0 Å². The van der Waals surface area contributed by atoms with E-state index in [0.717, 1.165) is 0 Å². The van der Waals surface area contributed by atoms with Crippen LogP contribution >= 0.6 is 0 Å². The molecule has 0 saturated carbocycles. The van der Waals surface area contributed by atoms with E-state index in [1.807, 2.05) is 0 Å². The Morgan fingerprint density at radius 1 is 1.00 bits per heavy atom. The first kappa shape index (κ1) is 22.5. The molecule has 0 aromatic heterocycles. The van der Waals surface area contributed by atoms with Crippen LogP contribution in [0.4, 0.5) is 14.5 Å². The second-order valence-corrected chi connectivity index (χ2v) is 6.06. The monoisotopic (exact) mass is 418 g/mol. The Bertz CT molecular complexity index is 932. The standard InChI is InChI=1S/C21H20F2N2O5/c1-13(19(27)25-16-10-6-7-11-18(16)30-21(22)23)29-20(28)17(24-14(2)26)12-15-8-4-3-5-9-15/h3-13,21H,1-2H3,(H,24,26)(H,25,27)/b17-12-/t13-/m0/s1. The number of esters is 1. The summed E-state index contributed by atoms with van der Waals surface area (Å²) in [6, 6.07) is 14.3. The van der Waals surface area contributed by atoms with Gasteiger partial charge in [-0.25, -0.2) is 4.79 Å². The lowest BCUT2D eigenvalue weighted by molar-refractivity contribution is -0.149. The number of para-hydroxylation sites is 2. The fourth-order valence-corrected chi connectivity index (χ4v) is 2.33. The number of hydrogen-bond donors (Lipinski definition) is 2. The molecular formula is C21H20F2N2O5. The molecule has 0 bridgehead atoms. The van der Waals surface area contributed by atoms with Gasteiger partial charge in [0.15, 0.2) is 6.10 Å². The molecule has 2 aromatic rings. The van der Waals surface area contributed by atoms with Crippen molar-refractivity contribution in [1.29, 1.82) is 0 Å². The van der Waals surface area contributed by atoms with Gasteiger partial charge in [-0.2, -0.15) is 8.78 Å². The Balaban J connectivity index is 2.10. The van der Waals surface area contributed by atoms with Crippen LogP contribution in [0.3, 0.4) is 0 Å². The quantitative estimate of drug-likeness (QED) is 0.507. The van der Waals surface area contributed by atoms with E-state index in [2.05, 4.69) is 15.4 Å². The third-order valence-electron chi connectivity index (χ3n) is 3.66. The minimum absolute atomic E-state index is 0.00684. The number of alkyl halides is 2. The Hall–Kier alpha value is -3.75. The van der Waals surface area contributed by atoms with Gasteiger partial charge in [0.2, 0.25) is 5.91 Å². The van der Waals surface area contributed by atoms with E-state index in [1.54, 1.807) is 30.3 Å². The molecule has 2 N–H and O–H groups in total. The number of hydrogen-bond acceptors (Lipinski definition) is 5. The third-order valence-corrected chi connectivity index (χ3v) is 3.66. The van der Waals surface area contributed by atoms with Crippen molar-refractivity contribution < 1.29 is 32.6 Å². The first-order valence-electron chi connectivity index (χ1n) is 8.86. The topological polar surface area (TPSA) is 93.7 Å². The second-order valence-electron chi connectivity index (χ2n) is 6.06. The van der Waals surface area contributed by atoms with Gasteiger partial charge in [0.1, 0.15) is 11.4 Å². The number of carbonyl (C=O) groups excluding carboxylic acids is 3. The highest BCUT2D eigenvalue weighted by Crippen LogP contribution is 2.25. The predicted molar refractivity (Wildman–Crippen MR) is 105 cm³/mol. The van der Waals surface area contributed by atoms with E-state index in [1.165, 1.54) is 44.2 Å². The van der Waals surface area contributed by atoms with Crippen LogP contribution in [-0.2, 0) is 19.1 Å². The van der Waals surface area contributed by atoms with Crippen LogP contribution in [0.5, 0.6) is 5.75 Å². The van der Waals surface area contributed by atoms with Crippen molar-refractivity contribution in [3.05, 3.63) is 65.9 Å². The van der Waals surface area contributed by atoms with Crippen LogP contribution in [0.2, 0.25) is 0 Å². The SMILES string of the molecule is CC(=O)N/C(=C\c1ccccc1)C(=O)O[C@@H](C)C(=O)Nc1ccccc1OC(F)F. The lowest BCUT2D eigenvalue weighted by Crippen LogP contribution is -2.34. The van der Waals surface area contributed by atoms with Gasteiger partial charge in [0.05, 0.1) is 5.69 Å². The highest BCUT2D eigenvalue weighted by atomic mass is 19.3. The van der Waals surface area contributed by atoms with Crippen molar-refractivity contribution >= 4 is 29.5 Å². The minimum atomic E-state index is -3.07. The number of carbonyl (C=O) groups is 3. The van der Waals surface area contributed by atoms with Crippen LogP contribution in [0.1, 0.15) is 19.4 Å². The Morgan fingerprint density at radius 3 is 2.27 bits per heavy atom. The minimum Gasteiger partial charge on any atom is -0.448 e. The van der Waals surface area contributed by atoms with E-state index >= 15 is 0 Å². The van der Waals surface area contributed by atoms with Crippen molar-refractivity contribution in [2.24, 2.45) is 0 Å². The maximum absolute atomic E-state index is 12.5. The van der Waals surface area contributed by atoms with Gasteiger partial charge >= 0.3 is 12.6 Å². The number of ether oxygens (including phenoxy) is 2. The number of anilines is 1. The van der Waals surface area contributed by atoms with Gasteiger partial charge < -0.3 is 20.1 Å². The lowest BCUT2D eigenvalue weighted by atomic mass is 10.2. The summed E-state index contributed by atoms with van der Waals surface area (Å²) in [5, 5.41) is 4.73. The summed E-state index contributed by atoms with van der Waals surface area (Å²) in [6.07, 6.45) is 0.116. The molecule has 0 spiro atoms. The van der Waals surface area contributed by atoms with E-state index in [9.17, 15) is 23.2 Å². The molecular weight excluding hydrogens is 398 g/mol. The van der Waals surface area contributed by atoms with Crippen molar-refractivity contribution in [3.63, 3.8) is 0 Å². The zero-order chi connectivity index (χ0) is 22.1. The van der Waals surface area contributed by atoms with E-state index in [4.69, 9.17) is 4.74 Å². The van der Waals surface area contributed by atoms with E-state index in [0.29, 0.717) is 5.56 Å². The number of halogens is 2. The van der Waals surface area contributed by atoms with Crippen LogP contribution in [0.25, 0.3) is 6.08 Å². The van der Waals surface area contributed by atoms with Gasteiger partial charge in [0, 0.05) is 6.92 Å². The van der Waals surface area contributed by atoms with E-state index in [-0.39, 0.29) is 17.1 Å². The smallest absolute Gasteiger partial charge is 0.387 e. The molecule has 2 aromatic carbocycles. The average molecular weight is 418 g/mol. The third kappa shape index (κ3) is 7.01. The number of amides is 2. The van der Waals surface area contributed by atoms with Crippen LogP contribution < -0.4 is 15.4 Å². The van der Waals surface area contributed by atoms with Crippen LogP contribution in [-0.4, -0.2) is 30.5 Å². The van der Waals surface area contributed by atoms with Gasteiger partial charge in [-0.1, -0.05) is 42.5 Å².